The van der Waals surface area contributed by atoms with E-state index in [4.69, 9.17) is 0 Å². The molecule has 2 amide bonds. The minimum Gasteiger partial charge on any atom is -0.360 e. The van der Waals surface area contributed by atoms with E-state index in [0.717, 1.165) is 31.9 Å². The Balaban J connectivity index is 1.55. The Morgan fingerprint density at radius 3 is 2.67 bits per heavy atom. The van der Waals surface area contributed by atoms with Crippen LogP contribution in [0.25, 0.3) is 0 Å². The predicted molar refractivity (Wildman–Crippen MR) is 86.1 cm³/mol. The molecule has 110 valence electrons. The van der Waals surface area contributed by atoms with Crippen molar-refractivity contribution in [3.8, 4) is 0 Å². The minimum atomic E-state index is -0.0704. The molecule has 2 aromatic rings. The Hall–Kier alpha value is -2.08. The number of nitrogens with zero attached hydrogens (tertiary/aromatic N) is 3. The number of nitrogens with one attached hydrogen (secondary N) is 1. The largest absolute Gasteiger partial charge is 0.360 e. The lowest BCUT2D eigenvalue weighted by atomic mass is 10.3. The lowest BCUT2D eigenvalue weighted by Crippen LogP contribution is -2.50. The van der Waals surface area contributed by atoms with E-state index in [1.165, 1.54) is 5.00 Å². The van der Waals surface area contributed by atoms with Gasteiger partial charge in [-0.3, -0.25) is 5.32 Å². The summed E-state index contributed by atoms with van der Waals surface area (Å²) in [6.45, 7) is 5.12. The van der Waals surface area contributed by atoms with E-state index in [-0.39, 0.29) is 6.03 Å². The number of carbonyl (C=O) groups is 1. The van der Waals surface area contributed by atoms with E-state index < -0.39 is 0 Å². The van der Waals surface area contributed by atoms with Crippen LogP contribution in [0.1, 0.15) is 5.69 Å². The fraction of sp³-hybridized carbons (Fsp3) is 0.333. The zero-order valence-corrected chi connectivity index (χ0v) is 12.8. The van der Waals surface area contributed by atoms with E-state index >= 15 is 0 Å². The topological polar surface area (TPSA) is 48.5 Å². The number of thiophene rings is 1. The summed E-state index contributed by atoms with van der Waals surface area (Å²) in [5.41, 5.74) is 0.898. The number of pyridine rings is 1. The minimum absolute atomic E-state index is 0.0704. The molecular weight excluding hydrogens is 284 g/mol. The lowest BCUT2D eigenvalue weighted by Gasteiger charge is -2.35. The number of amides is 2. The molecule has 6 heteroatoms. The molecule has 0 spiro atoms. The summed E-state index contributed by atoms with van der Waals surface area (Å²) in [5.74, 6) is 0.612. The number of hydrogen-bond acceptors (Lipinski definition) is 4. The zero-order valence-electron chi connectivity index (χ0n) is 12.0. The van der Waals surface area contributed by atoms with E-state index in [9.17, 15) is 4.79 Å². The second-order valence-electron chi connectivity index (χ2n) is 5.02. The van der Waals surface area contributed by atoms with Gasteiger partial charge in [-0.15, -0.1) is 11.3 Å². The van der Waals surface area contributed by atoms with Crippen molar-refractivity contribution in [1.29, 1.82) is 0 Å². The van der Waals surface area contributed by atoms with E-state index in [2.05, 4.69) is 32.7 Å². The third kappa shape index (κ3) is 3.33. The molecule has 0 saturated carbocycles. The van der Waals surface area contributed by atoms with E-state index in [1.54, 1.807) is 11.3 Å². The molecule has 1 fully saturated rings. The van der Waals surface area contributed by atoms with Gasteiger partial charge in [-0.05, 0) is 36.6 Å². The molecule has 0 aliphatic carbocycles. The highest BCUT2D eigenvalue weighted by molar-refractivity contribution is 7.14. The van der Waals surface area contributed by atoms with Crippen LogP contribution in [0.2, 0.25) is 0 Å². The zero-order chi connectivity index (χ0) is 14.7. The van der Waals surface area contributed by atoms with Gasteiger partial charge in [-0.25, -0.2) is 9.78 Å². The van der Waals surface area contributed by atoms with Gasteiger partial charge in [-0.2, -0.15) is 0 Å². The molecule has 0 aromatic carbocycles. The van der Waals surface area contributed by atoms with Crippen LogP contribution in [-0.4, -0.2) is 42.1 Å². The highest BCUT2D eigenvalue weighted by Crippen LogP contribution is 2.22. The summed E-state index contributed by atoms with van der Waals surface area (Å²) < 4.78 is 0. The summed E-state index contributed by atoms with van der Waals surface area (Å²) in [6, 6.07) is 9.73. The number of aromatic nitrogens is 1. The average Bonchev–Trinajstić information content (AvgIpc) is 3.01. The van der Waals surface area contributed by atoms with Gasteiger partial charge < -0.3 is 9.80 Å². The van der Waals surface area contributed by atoms with Gasteiger partial charge in [0.05, 0.1) is 5.00 Å². The summed E-state index contributed by atoms with van der Waals surface area (Å²) >= 11 is 1.74. The van der Waals surface area contributed by atoms with Gasteiger partial charge in [0.1, 0.15) is 5.82 Å². The number of anilines is 2. The van der Waals surface area contributed by atoms with E-state index in [1.807, 2.05) is 30.0 Å². The molecule has 3 rings (SSSR count). The highest BCUT2D eigenvalue weighted by Gasteiger charge is 2.21. The first-order valence-corrected chi connectivity index (χ1v) is 7.88. The van der Waals surface area contributed by atoms with E-state index in [0.29, 0.717) is 5.82 Å². The van der Waals surface area contributed by atoms with Crippen molar-refractivity contribution in [3.63, 3.8) is 0 Å². The third-order valence-electron chi connectivity index (χ3n) is 3.51. The van der Waals surface area contributed by atoms with Crippen LogP contribution in [0, 0.1) is 6.92 Å². The molecule has 0 bridgehead atoms. The maximum absolute atomic E-state index is 12.2. The van der Waals surface area contributed by atoms with Crippen molar-refractivity contribution in [3.05, 3.63) is 41.4 Å². The number of piperazine rings is 1. The van der Waals surface area contributed by atoms with Crippen LogP contribution < -0.4 is 10.2 Å². The van der Waals surface area contributed by atoms with Crippen LogP contribution in [0.4, 0.5) is 15.6 Å². The molecule has 2 aromatic heterocycles. The second kappa shape index (κ2) is 6.13. The van der Waals surface area contributed by atoms with Gasteiger partial charge in [-0.1, -0.05) is 6.07 Å². The quantitative estimate of drug-likeness (QED) is 0.928. The van der Waals surface area contributed by atoms with Crippen molar-refractivity contribution in [2.24, 2.45) is 0 Å². The third-order valence-corrected chi connectivity index (χ3v) is 4.44. The SMILES string of the molecule is Cc1cccc(NC(=O)N2CCN(c3cccs3)CC2)n1. The molecule has 5 nitrogen and oxygen atoms in total. The molecule has 1 aliphatic heterocycles. The molecule has 1 N–H and O–H groups in total. The molecule has 21 heavy (non-hydrogen) atoms. The predicted octanol–water partition coefficient (Wildman–Crippen LogP) is 2.81. The average molecular weight is 302 g/mol. The first-order valence-electron chi connectivity index (χ1n) is 7.00. The Bertz CT molecular complexity index is 606. The Labute approximate surface area is 128 Å². The number of urea groups is 1. The second-order valence-corrected chi connectivity index (χ2v) is 5.95. The van der Waals surface area contributed by atoms with Crippen molar-refractivity contribution < 1.29 is 4.79 Å². The van der Waals surface area contributed by atoms with Gasteiger partial charge in [0.2, 0.25) is 0 Å². The summed E-state index contributed by atoms with van der Waals surface area (Å²) in [5, 5.41) is 6.22. The van der Waals surface area contributed by atoms with Crippen LogP contribution in [-0.2, 0) is 0 Å². The molecule has 0 radical (unpaired) electrons. The van der Waals surface area contributed by atoms with Gasteiger partial charge >= 0.3 is 6.03 Å². The van der Waals surface area contributed by atoms with Crippen molar-refractivity contribution in [2.45, 2.75) is 6.92 Å². The fourth-order valence-electron chi connectivity index (χ4n) is 2.38. The van der Waals surface area contributed by atoms with Crippen LogP contribution in [0.15, 0.2) is 35.7 Å². The Morgan fingerprint density at radius 1 is 1.19 bits per heavy atom. The first kappa shape index (κ1) is 13.9. The maximum Gasteiger partial charge on any atom is 0.323 e. The van der Waals surface area contributed by atoms with Crippen molar-refractivity contribution in [2.75, 3.05) is 36.4 Å². The molecule has 3 heterocycles. The normalized spacial score (nSPS) is 15.1. The number of rotatable bonds is 2. The molecular formula is C15H18N4OS. The fourth-order valence-corrected chi connectivity index (χ4v) is 3.17. The molecule has 0 unspecified atom stereocenters. The monoisotopic (exact) mass is 302 g/mol. The standard InChI is InChI=1S/C15H18N4OS/c1-12-4-2-5-13(16-12)17-15(20)19-9-7-18(8-10-19)14-6-3-11-21-14/h2-6,11H,7-10H2,1H3,(H,16,17,20). The molecule has 1 saturated heterocycles. The molecule has 1 aliphatic rings. The highest BCUT2D eigenvalue weighted by atomic mass is 32.1. The first-order chi connectivity index (χ1) is 10.2. The van der Waals surface area contributed by atoms with Crippen molar-refractivity contribution >= 4 is 28.2 Å². The van der Waals surface area contributed by atoms with Gasteiger partial charge in [0, 0.05) is 31.9 Å². The van der Waals surface area contributed by atoms with Crippen LogP contribution in [0.5, 0.6) is 0 Å². The lowest BCUT2D eigenvalue weighted by molar-refractivity contribution is 0.208. The Kier molecular flexibility index (Phi) is 4.06. The van der Waals surface area contributed by atoms with Gasteiger partial charge in [0.15, 0.2) is 0 Å². The van der Waals surface area contributed by atoms with Crippen LogP contribution >= 0.6 is 11.3 Å². The number of carbonyl (C=O) groups excluding carboxylic acids is 1. The number of aryl methyl sites for hydroxylation is 1. The summed E-state index contributed by atoms with van der Waals surface area (Å²) in [6.07, 6.45) is 0. The maximum atomic E-state index is 12.2. The summed E-state index contributed by atoms with van der Waals surface area (Å²) in [7, 11) is 0. The Morgan fingerprint density at radius 2 is 2.00 bits per heavy atom. The van der Waals surface area contributed by atoms with Crippen molar-refractivity contribution in [1.82, 2.24) is 9.88 Å². The summed E-state index contributed by atoms with van der Waals surface area (Å²) in [4.78, 5) is 20.7. The smallest absolute Gasteiger partial charge is 0.323 e. The van der Waals surface area contributed by atoms with Crippen LogP contribution in [0.3, 0.4) is 0 Å². The number of hydrogen-bond donors (Lipinski definition) is 1. The van der Waals surface area contributed by atoms with Gasteiger partial charge in [0.25, 0.3) is 0 Å². The molecule has 0 atom stereocenters.